The van der Waals surface area contributed by atoms with Crippen molar-refractivity contribution >= 4 is 23.2 Å². The minimum atomic E-state index is 0.598. The average molecular weight is 182 g/mol. The molecule has 0 saturated carbocycles. The van der Waals surface area contributed by atoms with Gasteiger partial charge in [0.25, 0.3) is 0 Å². The fourth-order valence-corrected chi connectivity index (χ4v) is 2.04. The van der Waals surface area contributed by atoms with E-state index in [1.165, 1.54) is 19.4 Å². The Bertz CT molecular complexity index is 97.6. The Morgan fingerprint density at radius 2 is 2.20 bits per heavy atom. The molecule has 10 heavy (non-hydrogen) atoms. The van der Waals surface area contributed by atoms with Gasteiger partial charge >= 0.3 is 0 Å². The molecule has 3 heteroatoms. The number of halogens is 2. The quantitative estimate of drug-likeness (QED) is 0.603. The van der Waals surface area contributed by atoms with Crippen molar-refractivity contribution in [3.8, 4) is 0 Å². The van der Waals surface area contributed by atoms with Crippen LogP contribution in [0.3, 0.4) is 0 Å². The Labute approximate surface area is 72.3 Å². The van der Waals surface area contributed by atoms with E-state index in [1.54, 1.807) is 0 Å². The minimum Gasteiger partial charge on any atom is -0.298 e. The topological polar surface area (TPSA) is 3.24 Å². The van der Waals surface area contributed by atoms with E-state index in [4.69, 9.17) is 23.2 Å². The maximum absolute atomic E-state index is 5.75. The summed E-state index contributed by atoms with van der Waals surface area (Å²) in [6.45, 7) is 2.18. The van der Waals surface area contributed by atoms with Gasteiger partial charge in [-0.05, 0) is 19.4 Å². The lowest BCUT2D eigenvalue weighted by Gasteiger charge is -2.20. The highest BCUT2D eigenvalue weighted by molar-refractivity contribution is 6.18. The van der Waals surface area contributed by atoms with E-state index in [0.29, 0.717) is 6.04 Å². The summed E-state index contributed by atoms with van der Waals surface area (Å²) < 4.78 is 0. The Hall–Kier alpha value is 0.540. The highest BCUT2D eigenvalue weighted by Gasteiger charge is 2.22. The molecule has 1 aliphatic rings. The van der Waals surface area contributed by atoms with Crippen LogP contribution in [-0.2, 0) is 0 Å². The first-order chi connectivity index (χ1) is 4.88. The maximum Gasteiger partial charge on any atom is 0.0379 e. The fourth-order valence-electron chi connectivity index (χ4n) is 1.47. The Morgan fingerprint density at radius 3 is 2.80 bits per heavy atom. The van der Waals surface area contributed by atoms with Gasteiger partial charge < -0.3 is 0 Å². The summed E-state index contributed by atoms with van der Waals surface area (Å²) in [7, 11) is 0. The van der Waals surface area contributed by atoms with Gasteiger partial charge in [-0.1, -0.05) is 0 Å². The van der Waals surface area contributed by atoms with Crippen LogP contribution in [0.5, 0.6) is 0 Å². The van der Waals surface area contributed by atoms with Gasteiger partial charge in [-0.3, -0.25) is 4.90 Å². The number of likely N-dealkylation sites (tertiary alicyclic amines) is 1. The molecule has 1 nitrogen and oxygen atoms in total. The van der Waals surface area contributed by atoms with E-state index in [1.807, 2.05) is 0 Å². The van der Waals surface area contributed by atoms with Crippen LogP contribution in [0.4, 0.5) is 0 Å². The van der Waals surface area contributed by atoms with Crippen molar-refractivity contribution in [2.75, 3.05) is 24.8 Å². The summed E-state index contributed by atoms with van der Waals surface area (Å²) in [4.78, 5) is 2.38. The largest absolute Gasteiger partial charge is 0.298 e. The monoisotopic (exact) mass is 181 g/mol. The van der Waals surface area contributed by atoms with Gasteiger partial charge in [-0.2, -0.15) is 0 Å². The van der Waals surface area contributed by atoms with Crippen LogP contribution in [0, 0.1) is 0 Å². The van der Waals surface area contributed by atoms with Crippen LogP contribution in [0.25, 0.3) is 0 Å². The molecule has 0 amide bonds. The normalized spacial score (nSPS) is 27.6. The molecule has 1 saturated heterocycles. The Kier molecular flexibility index (Phi) is 3.82. The van der Waals surface area contributed by atoms with E-state index >= 15 is 0 Å². The minimum absolute atomic E-state index is 0.598. The molecule has 1 atom stereocenters. The Balaban J connectivity index is 2.27. The summed E-state index contributed by atoms with van der Waals surface area (Å²) in [5, 5.41) is 0. The molecule has 0 unspecified atom stereocenters. The molecule has 0 aromatic rings. The first kappa shape index (κ1) is 8.63. The van der Waals surface area contributed by atoms with Gasteiger partial charge in [-0.25, -0.2) is 0 Å². The predicted molar refractivity (Wildman–Crippen MR) is 46.0 cm³/mol. The van der Waals surface area contributed by atoms with Gasteiger partial charge in [0.1, 0.15) is 0 Å². The highest BCUT2D eigenvalue weighted by Crippen LogP contribution is 2.17. The van der Waals surface area contributed by atoms with Crippen molar-refractivity contribution in [2.45, 2.75) is 18.9 Å². The standard InChI is InChI=1S/C7H13Cl2N/c8-3-5-10-4-1-2-7(10)6-9/h7H,1-6H2/t7-/m0/s1. The first-order valence-electron chi connectivity index (χ1n) is 3.74. The average Bonchev–Trinajstić information content (AvgIpc) is 2.36. The molecule has 1 aliphatic heterocycles. The van der Waals surface area contributed by atoms with E-state index in [0.717, 1.165) is 18.3 Å². The van der Waals surface area contributed by atoms with Crippen molar-refractivity contribution < 1.29 is 0 Å². The zero-order valence-electron chi connectivity index (χ0n) is 6.02. The lowest BCUT2D eigenvalue weighted by molar-refractivity contribution is 0.288. The van der Waals surface area contributed by atoms with Gasteiger partial charge in [0, 0.05) is 24.3 Å². The van der Waals surface area contributed by atoms with E-state index in [2.05, 4.69) is 4.90 Å². The summed E-state index contributed by atoms with van der Waals surface area (Å²) in [5.74, 6) is 1.49. The molecule has 0 aliphatic carbocycles. The third-order valence-corrected chi connectivity index (χ3v) is 2.57. The number of alkyl halides is 2. The van der Waals surface area contributed by atoms with Crippen molar-refractivity contribution in [1.29, 1.82) is 0 Å². The van der Waals surface area contributed by atoms with Gasteiger partial charge in [0.05, 0.1) is 0 Å². The molecule has 0 spiro atoms. The zero-order valence-corrected chi connectivity index (χ0v) is 7.53. The fraction of sp³-hybridized carbons (Fsp3) is 1.00. The molecule has 0 aromatic carbocycles. The highest BCUT2D eigenvalue weighted by atomic mass is 35.5. The van der Waals surface area contributed by atoms with Crippen molar-refractivity contribution in [2.24, 2.45) is 0 Å². The van der Waals surface area contributed by atoms with E-state index < -0.39 is 0 Å². The summed E-state index contributed by atoms with van der Waals surface area (Å²) in [6.07, 6.45) is 2.54. The number of rotatable bonds is 3. The smallest absolute Gasteiger partial charge is 0.0379 e. The third-order valence-electron chi connectivity index (χ3n) is 2.05. The van der Waals surface area contributed by atoms with Crippen LogP contribution in [0.1, 0.15) is 12.8 Å². The first-order valence-corrected chi connectivity index (χ1v) is 4.81. The zero-order chi connectivity index (χ0) is 7.40. The molecule has 0 N–H and O–H groups in total. The second kappa shape index (κ2) is 4.42. The van der Waals surface area contributed by atoms with Crippen LogP contribution in [0.15, 0.2) is 0 Å². The molecule has 1 fully saturated rings. The summed E-state index contributed by atoms with van der Waals surface area (Å²) >= 11 is 11.4. The molecular formula is C7H13Cl2N. The summed E-state index contributed by atoms with van der Waals surface area (Å²) in [6, 6.07) is 0.598. The second-order valence-electron chi connectivity index (χ2n) is 2.68. The number of hydrogen-bond acceptors (Lipinski definition) is 1. The predicted octanol–water partition coefficient (Wildman–Crippen LogP) is 1.93. The van der Waals surface area contributed by atoms with Crippen LogP contribution >= 0.6 is 23.2 Å². The molecule has 0 aromatic heterocycles. The maximum atomic E-state index is 5.75. The Morgan fingerprint density at radius 1 is 1.40 bits per heavy atom. The second-order valence-corrected chi connectivity index (χ2v) is 3.36. The molecule has 1 rings (SSSR count). The van der Waals surface area contributed by atoms with E-state index in [-0.39, 0.29) is 0 Å². The summed E-state index contributed by atoms with van der Waals surface area (Å²) in [5.41, 5.74) is 0. The lowest BCUT2D eigenvalue weighted by Crippen LogP contribution is -2.32. The van der Waals surface area contributed by atoms with Gasteiger partial charge in [0.15, 0.2) is 0 Å². The van der Waals surface area contributed by atoms with Crippen LogP contribution < -0.4 is 0 Å². The molecule has 1 heterocycles. The van der Waals surface area contributed by atoms with Crippen molar-refractivity contribution in [3.63, 3.8) is 0 Å². The van der Waals surface area contributed by atoms with E-state index in [9.17, 15) is 0 Å². The SMILES string of the molecule is ClCCN1CCC[C@H]1CCl. The van der Waals surface area contributed by atoms with Crippen LogP contribution in [-0.4, -0.2) is 35.8 Å². The van der Waals surface area contributed by atoms with Crippen LogP contribution in [0.2, 0.25) is 0 Å². The van der Waals surface area contributed by atoms with Crippen molar-refractivity contribution in [3.05, 3.63) is 0 Å². The number of nitrogens with zero attached hydrogens (tertiary/aromatic N) is 1. The third kappa shape index (κ3) is 2.01. The lowest BCUT2D eigenvalue weighted by atomic mass is 10.2. The number of hydrogen-bond donors (Lipinski definition) is 0. The van der Waals surface area contributed by atoms with Gasteiger partial charge in [0.2, 0.25) is 0 Å². The molecule has 60 valence electrons. The van der Waals surface area contributed by atoms with Gasteiger partial charge in [-0.15, -0.1) is 23.2 Å². The molecule has 0 bridgehead atoms. The van der Waals surface area contributed by atoms with Crippen molar-refractivity contribution in [1.82, 2.24) is 4.90 Å². The molecule has 0 radical (unpaired) electrons. The molecular weight excluding hydrogens is 169 g/mol.